The summed E-state index contributed by atoms with van der Waals surface area (Å²) >= 11 is 5.81. The van der Waals surface area contributed by atoms with Gasteiger partial charge in [-0.2, -0.15) is 5.26 Å². The smallest absolute Gasteiger partial charge is 0.0640 e. The van der Waals surface area contributed by atoms with Crippen molar-refractivity contribution < 1.29 is 0 Å². The van der Waals surface area contributed by atoms with Crippen LogP contribution in [0, 0.1) is 11.3 Å². The number of nitriles is 1. The summed E-state index contributed by atoms with van der Waals surface area (Å²) in [4.78, 5) is 6.31. The molecule has 0 radical (unpaired) electrons. The fourth-order valence-electron chi connectivity index (χ4n) is 1.99. The first-order valence-corrected chi connectivity index (χ1v) is 7.02. The molecule has 0 aliphatic carbocycles. The zero-order valence-corrected chi connectivity index (χ0v) is 11.9. The molecule has 0 unspecified atom stereocenters. The predicted octanol–water partition coefficient (Wildman–Crippen LogP) is 3.74. The van der Waals surface area contributed by atoms with Gasteiger partial charge in [0.05, 0.1) is 12.5 Å². The van der Waals surface area contributed by atoms with Crippen molar-refractivity contribution in [2.45, 2.75) is 18.8 Å². The number of nitrogens with zero attached hydrogens (tertiary/aromatic N) is 3. The van der Waals surface area contributed by atoms with Crippen LogP contribution in [0.4, 0.5) is 5.69 Å². The lowest BCUT2D eigenvalue weighted by Crippen LogP contribution is -2.23. The molecular formula is C16H16ClN3. The molecule has 0 aliphatic rings. The zero-order chi connectivity index (χ0) is 14.2. The fourth-order valence-corrected chi connectivity index (χ4v) is 2.17. The number of aromatic nitrogens is 1. The van der Waals surface area contributed by atoms with Gasteiger partial charge in [-0.3, -0.25) is 4.98 Å². The highest BCUT2D eigenvalue weighted by Crippen LogP contribution is 2.19. The van der Waals surface area contributed by atoms with Crippen molar-refractivity contribution >= 4 is 17.3 Å². The van der Waals surface area contributed by atoms with Crippen LogP contribution in [-0.4, -0.2) is 11.5 Å². The second-order valence-electron chi connectivity index (χ2n) is 4.49. The molecule has 102 valence electrons. The predicted molar refractivity (Wildman–Crippen MR) is 81.5 cm³/mol. The highest BCUT2D eigenvalue weighted by Gasteiger charge is 2.07. The molecule has 3 nitrogen and oxygen atoms in total. The first-order chi connectivity index (χ1) is 9.83. The third kappa shape index (κ3) is 3.97. The van der Waals surface area contributed by atoms with Crippen molar-refractivity contribution in [1.82, 2.24) is 4.98 Å². The van der Waals surface area contributed by atoms with Crippen LogP contribution in [-0.2, 0) is 12.4 Å². The van der Waals surface area contributed by atoms with Gasteiger partial charge in [0.1, 0.15) is 0 Å². The minimum Gasteiger partial charge on any atom is -0.366 e. The second kappa shape index (κ2) is 7.52. The van der Waals surface area contributed by atoms with E-state index >= 15 is 0 Å². The molecule has 2 aromatic rings. The molecule has 0 saturated heterocycles. The highest BCUT2D eigenvalue weighted by atomic mass is 35.5. The monoisotopic (exact) mass is 285 g/mol. The second-order valence-corrected chi connectivity index (χ2v) is 4.76. The molecule has 1 heterocycles. The van der Waals surface area contributed by atoms with E-state index in [1.165, 1.54) is 0 Å². The average Bonchev–Trinajstić information content (AvgIpc) is 2.52. The molecular weight excluding hydrogens is 270 g/mol. The molecule has 0 bridgehead atoms. The molecule has 0 spiro atoms. The molecule has 2 rings (SSSR count). The quantitative estimate of drug-likeness (QED) is 0.759. The zero-order valence-electron chi connectivity index (χ0n) is 11.2. The Morgan fingerprint density at radius 3 is 2.55 bits per heavy atom. The number of pyridine rings is 1. The van der Waals surface area contributed by atoms with Gasteiger partial charge in [-0.15, -0.1) is 11.6 Å². The third-order valence-corrected chi connectivity index (χ3v) is 3.35. The van der Waals surface area contributed by atoms with Gasteiger partial charge in [-0.05, 0) is 29.3 Å². The van der Waals surface area contributed by atoms with Crippen LogP contribution in [0.2, 0.25) is 0 Å². The van der Waals surface area contributed by atoms with Gasteiger partial charge in [0, 0.05) is 37.1 Å². The molecule has 4 heteroatoms. The summed E-state index contributed by atoms with van der Waals surface area (Å²) in [7, 11) is 0. The van der Waals surface area contributed by atoms with Crippen LogP contribution in [0.3, 0.4) is 0 Å². The summed E-state index contributed by atoms with van der Waals surface area (Å²) in [5.74, 6) is 0.515. The molecule has 0 saturated carbocycles. The third-order valence-electron chi connectivity index (χ3n) is 3.05. The van der Waals surface area contributed by atoms with Crippen LogP contribution in [0.5, 0.6) is 0 Å². The number of alkyl halides is 1. The van der Waals surface area contributed by atoms with Crippen LogP contribution >= 0.6 is 11.6 Å². The molecule has 1 aromatic heterocycles. The Morgan fingerprint density at radius 1 is 1.15 bits per heavy atom. The van der Waals surface area contributed by atoms with Gasteiger partial charge >= 0.3 is 0 Å². The molecule has 1 aromatic carbocycles. The summed E-state index contributed by atoms with van der Waals surface area (Å²) in [5.41, 5.74) is 3.32. The summed E-state index contributed by atoms with van der Waals surface area (Å²) in [5, 5.41) is 8.80. The maximum Gasteiger partial charge on any atom is 0.0640 e. The summed E-state index contributed by atoms with van der Waals surface area (Å²) in [6, 6.07) is 14.3. The van der Waals surface area contributed by atoms with E-state index in [0.29, 0.717) is 18.8 Å². The first kappa shape index (κ1) is 14.4. The highest BCUT2D eigenvalue weighted by molar-refractivity contribution is 6.17. The number of halogens is 1. The van der Waals surface area contributed by atoms with E-state index in [1.54, 1.807) is 6.20 Å². The number of anilines is 1. The van der Waals surface area contributed by atoms with Crippen molar-refractivity contribution in [3.63, 3.8) is 0 Å². The van der Waals surface area contributed by atoms with Gasteiger partial charge in [-0.25, -0.2) is 0 Å². The lowest BCUT2D eigenvalue weighted by molar-refractivity contribution is 0.795. The van der Waals surface area contributed by atoms with Gasteiger partial charge in [0.2, 0.25) is 0 Å². The van der Waals surface area contributed by atoms with Gasteiger partial charge < -0.3 is 4.90 Å². The topological polar surface area (TPSA) is 39.9 Å². The number of benzene rings is 1. The standard InChI is InChI=1S/C16H16ClN3/c17-11-14-4-6-16(7-5-14)20(10-2-8-18)13-15-3-1-9-19-12-15/h1,3-7,9,12H,2,10-11,13H2. The van der Waals surface area contributed by atoms with Crippen LogP contribution in [0.1, 0.15) is 17.5 Å². The van der Waals surface area contributed by atoms with E-state index in [9.17, 15) is 0 Å². The van der Waals surface area contributed by atoms with Crippen molar-refractivity contribution in [1.29, 1.82) is 5.26 Å². The fraction of sp³-hybridized carbons (Fsp3) is 0.250. The van der Waals surface area contributed by atoms with Crippen LogP contribution in [0.25, 0.3) is 0 Å². The maximum atomic E-state index is 8.80. The maximum absolute atomic E-state index is 8.80. The van der Waals surface area contributed by atoms with Gasteiger partial charge in [0.25, 0.3) is 0 Å². The van der Waals surface area contributed by atoms with E-state index in [1.807, 2.05) is 42.6 Å². The molecule has 0 atom stereocenters. The molecule has 0 fully saturated rings. The Kier molecular flexibility index (Phi) is 5.40. The normalized spacial score (nSPS) is 10.0. The minimum absolute atomic E-state index is 0.498. The molecule has 0 amide bonds. The number of hydrogen-bond donors (Lipinski definition) is 0. The van der Waals surface area contributed by atoms with Crippen molar-refractivity contribution in [3.8, 4) is 6.07 Å². The lowest BCUT2D eigenvalue weighted by Gasteiger charge is -2.24. The van der Waals surface area contributed by atoms with E-state index in [0.717, 1.165) is 23.4 Å². The lowest BCUT2D eigenvalue weighted by atomic mass is 10.2. The van der Waals surface area contributed by atoms with E-state index in [4.69, 9.17) is 16.9 Å². The van der Waals surface area contributed by atoms with Crippen molar-refractivity contribution in [2.24, 2.45) is 0 Å². The molecule has 0 aliphatic heterocycles. The Balaban J connectivity index is 2.15. The summed E-state index contributed by atoms with van der Waals surface area (Å²) in [6.45, 7) is 1.45. The number of rotatable bonds is 6. The van der Waals surface area contributed by atoms with Crippen LogP contribution in [0.15, 0.2) is 48.8 Å². The Labute approximate surface area is 124 Å². The van der Waals surface area contributed by atoms with Gasteiger partial charge in [0.15, 0.2) is 0 Å². The minimum atomic E-state index is 0.498. The summed E-state index contributed by atoms with van der Waals surface area (Å²) < 4.78 is 0. The molecule has 0 N–H and O–H groups in total. The Bertz CT molecular complexity index is 561. The largest absolute Gasteiger partial charge is 0.366 e. The van der Waals surface area contributed by atoms with Crippen molar-refractivity contribution in [3.05, 3.63) is 59.9 Å². The Morgan fingerprint density at radius 2 is 1.95 bits per heavy atom. The van der Waals surface area contributed by atoms with E-state index in [-0.39, 0.29) is 0 Å². The SMILES string of the molecule is N#CCCN(Cc1cccnc1)c1ccc(CCl)cc1. The average molecular weight is 286 g/mol. The van der Waals surface area contributed by atoms with E-state index in [2.05, 4.69) is 16.0 Å². The first-order valence-electron chi connectivity index (χ1n) is 6.49. The summed E-state index contributed by atoms with van der Waals surface area (Å²) in [6.07, 6.45) is 4.11. The van der Waals surface area contributed by atoms with Crippen LogP contribution < -0.4 is 4.90 Å². The van der Waals surface area contributed by atoms with E-state index < -0.39 is 0 Å². The van der Waals surface area contributed by atoms with Crippen molar-refractivity contribution in [2.75, 3.05) is 11.4 Å². The number of hydrogen-bond acceptors (Lipinski definition) is 3. The van der Waals surface area contributed by atoms with Gasteiger partial charge in [-0.1, -0.05) is 18.2 Å². The molecule has 20 heavy (non-hydrogen) atoms. The Hall–Kier alpha value is -2.05.